The number of nitrogens with two attached hydrogens (primary N) is 1. The van der Waals surface area contributed by atoms with E-state index in [1.807, 2.05) is 0 Å². The maximum atomic E-state index is 11.0. The van der Waals surface area contributed by atoms with Gasteiger partial charge in [-0.3, -0.25) is 0 Å². The van der Waals surface area contributed by atoms with Crippen LogP contribution < -0.4 is 10.6 Å². The number of hydrogen-bond donors (Lipinski definition) is 2. The number of anilines is 2. The highest BCUT2D eigenvalue weighted by atomic mass is 16.4. The number of rotatable bonds is 5. The minimum atomic E-state index is -0.926. The van der Waals surface area contributed by atoms with Crippen molar-refractivity contribution in [1.29, 1.82) is 0 Å². The first-order chi connectivity index (χ1) is 8.32. The highest BCUT2D eigenvalue weighted by molar-refractivity contribution is 5.90. The van der Waals surface area contributed by atoms with Crippen molar-refractivity contribution in [2.75, 3.05) is 17.2 Å². The third-order valence-corrected chi connectivity index (χ3v) is 2.77. The summed E-state index contributed by atoms with van der Waals surface area (Å²) in [7, 11) is 0. The molecule has 0 radical (unpaired) electrons. The maximum absolute atomic E-state index is 11.0. The second-order valence-corrected chi connectivity index (χ2v) is 5.22. The molecule has 1 aromatic carbocycles. The summed E-state index contributed by atoms with van der Waals surface area (Å²) in [6, 6.07) is 5.13. The molecule has 0 bridgehead atoms. The molecular formula is C14H22N2O2. The van der Waals surface area contributed by atoms with Crippen molar-refractivity contribution in [2.24, 2.45) is 5.92 Å². The maximum Gasteiger partial charge on any atom is 0.335 e. The van der Waals surface area contributed by atoms with Gasteiger partial charge in [0.25, 0.3) is 0 Å². The number of aromatic carboxylic acids is 1. The predicted octanol–water partition coefficient (Wildman–Crippen LogP) is 2.84. The second kappa shape index (κ2) is 5.76. The van der Waals surface area contributed by atoms with Crippen molar-refractivity contribution in [3.63, 3.8) is 0 Å². The van der Waals surface area contributed by atoms with E-state index >= 15 is 0 Å². The van der Waals surface area contributed by atoms with Crippen molar-refractivity contribution in [2.45, 2.75) is 33.7 Å². The van der Waals surface area contributed by atoms with E-state index in [2.05, 4.69) is 32.6 Å². The predicted molar refractivity (Wildman–Crippen MR) is 75.1 cm³/mol. The largest absolute Gasteiger partial charge is 0.478 e. The van der Waals surface area contributed by atoms with Crippen molar-refractivity contribution < 1.29 is 9.90 Å². The second-order valence-electron chi connectivity index (χ2n) is 5.22. The number of benzene rings is 1. The van der Waals surface area contributed by atoms with E-state index < -0.39 is 5.97 Å². The molecule has 0 aromatic heterocycles. The van der Waals surface area contributed by atoms with Gasteiger partial charge in [-0.05, 0) is 38.0 Å². The third-order valence-electron chi connectivity index (χ3n) is 2.77. The minimum absolute atomic E-state index is 0.272. The molecule has 0 heterocycles. The van der Waals surface area contributed by atoms with Crippen molar-refractivity contribution in [3.05, 3.63) is 23.8 Å². The molecule has 100 valence electrons. The van der Waals surface area contributed by atoms with E-state index in [1.54, 1.807) is 12.1 Å². The van der Waals surface area contributed by atoms with E-state index in [0.717, 1.165) is 12.2 Å². The Morgan fingerprint density at radius 2 is 1.94 bits per heavy atom. The molecule has 1 aromatic rings. The molecule has 18 heavy (non-hydrogen) atoms. The third kappa shape index (κ3) is 3.39. The average Bonchev–Trinajstić information content (AvgIpc) is 2.26. The van der Waals surface area contributed by atoms with Gasteiger partial charge < -0.3 is 15.7 Å². The number of carbonyl (C=O) groups is 1. The van der Waals surface area contributed by atoms with Crippen LogP contribution in [0.1, 0.15) is 38.1 Å². The van der Waals surface area contributed by atoms with Gasteiger partial charge in [-0.25, -0.2) is 4.79 Å². The van der Waals surface area contributed by atoms with Gasteiger partial charge >= 0.3 is 5.97 Å². The van der Waals surface area contributed by atoms with Crippen LogP contribution in [-0.4, -0.2) is 23.7 Å². The van der Waals surface area contributed by atoms with Crippen LogP contribution in [0.5, 0.6) is 0 Å². The fourth-order valence-corrected chi connectivity index (χ4v) is 1.91. The fourth-order valence-electron chi connectivity index (χ4n) is 1.91. The number of hydrogen-bond acceptors (Lipinski definition) is 3. The summed E-state index contributed by atoms with van der Waals surface area (Å²) in [5.74, 6) is -0.440. The molecule has 0 unspecified atom stereocenters. The first-order valence-electron chi connectivity index (χ1n) is 6.22. The van der Waals surface area contributed by atoms with E-state index in [-0.39, 0.29) is 11.6 Å². The Balaban J connectivity index is 3.17. The number of carboxylic acids is 1. The summed E-state index contributed by atoms with van der Waals surface area (Å²) in [5.41, 5.74) is 7.67. The van der Waals surface area contributed by atoms with Gasteiger partial charge in [-0.2, -0.15) is 0 Å². The zero-order valence-corrected chi connectivity index (χ0v) is 11.5. The first kappa shape index (κ1) is 14.4. The molecule has 0 atom stereocenters. The molecule has 1 rings (SSSR count). The number of nitrogen functional groups attached to an aromatic ring is 1. The van der Waals surface area contributed by atoms with Gasteiger partial charge in [0, 0.05) is 12.6 Å². The van der Waals surface area contributed by atoms with Crippen LogP contribution in [0.25, 0.3) is 0 Å². The van der Waals surface area contributed by atoms with Gasteiger partial charge in [-0.15, -0.1) is 0 Å². The molecule has 0 spiro atoms. The Hall–Kier alpha value is -1.71. The Morgan fingerprint density at radius 1 is 1.33 bits per heavy atom. The molecule has 4 heteroatoms. The smallest absolute Gasteiger partial charge is 0.335 e. The highest BCUT2D eigenvalue weighted by Crippen LogP contribution is 2.27. The van der Waals surface area contributed by atoms with E-state index in [1.165, 1.54) is 6.07 Å². The Labute approximate surface area is 108 Å². The molecule has 0 aliphatic carbocycles. The molecule has 0 fully saturated rings. The Kier molecular flexibility index (Phi) is 4.59. The highest BCUT2D eigenvalue weighted by Gasteiger charge is 2.16. The van der Waals surface area contributed by atoms with Crippen LogP contribution in [0.4, 0.5) is 11.4 Å². The quantitative estimate of drug-likeness (QED) is 0.789. The van der Waals surface area contributed by atoms with E-state index in [0.29, 0.717) is 11.6 Å². The van der Waals surface area contributed by atoms with Crippen molar-refractivity contribution in [1.82, 2.24) is 0 Å². The molecule has 0 saturated carbocycles. The van der Waals surface area contributed by atoms with Gasteiger partial charge in [0.15, 0.2) is 0 Å². The van der Waals surface area contributed by atoms with Crippen molar-refractivity contribution in [3.8, 4) is 0 Å². The molecule has 0 amide bonds. The lowest BCUT2D eigenvalue weighted by atomic mass is 10.1. The number of nitrogens with zero attached hydrogens (tertiary/aromatic N) is 1. The summed E-state index contributed by atoms with van der Waals surface area (Å²) in [6.45, 7) is 9.27. The SMILES string of the molecule is CC(C)CN(c1cc(C(=O)O)ccc1N)C(C)C. The topological polar surface area (TPSA) is 66.6 Å². The lowest BCUT2D eigenvalue weighted by molar-refractivity contribution is 0.0697. The van der Waals surface area contributed by atoms with Crippen LogP contribution in [0.2, 0.25) is 0 Å². The molecule has 3 N–H and O–H groups in total. The molecular weight excluding hydrogens is 228 g/mol. The van der Waals surface area contributed by atoms with Gasteiger partial charge in [0.2, 0.25) is 0 Å². The fraction of sp³-hybridized carbons (Fsp3) is 0.500. The molecule has 0 saturated heterocycles. The van der Waals surface area contributed by atoms with Crippen LogP contribution in [0, 0.1) is 5.92 Å². The molecule has 0 aliphatic rings. The van der Waals surface area contributed by atoms with Crippen LogP contribution in [0.3, 0.4) is 0 Å². The van der Waals surface area contributed by atoms with Gasteiger partial charge in [-0.1, -0.05) is 13.8 Å². The molecule has 0 aliphatic heterocycles. The minimum Gasteiger partial charge on any atom is -0.478 e. The average molecular weight is 250 g/mol. The zero-order valence-electron chi connectivity index (χ0n) is 11.5. The Bertz CT molecular complexity index is 428. The summed E-state index contributed by atoms with van der Waals surface area (Å²) in [6.07, 6.45) is 0. The van der Waals surface area contributed by atoms with Gasteiger partial charge in [0.05, 0.1) is 16.9 Å². The van der Waals surface area contributed by atoms with E-state index in [4.69, 9.17) is 10.8 Å². The van der Waals surface area contributed by atoms with Crippen LogP contribution in [0.15, 0.2) is 18.2 Å². The summed E-state index contributed by atoms with van der Waals surface area (Å²) < 4.78 is 0. The van der Waals surface area contributed by atoms with Crippen LogP contribution >= 0.6 is 0 Å². The van der Waals surface area contributed by atoms with Gasteiger partial charge in [0.1, 0.15) is 0 Å². The Morgan fingerprint density at radius 3 is 2.39 bits per heavy atom. The standard InChI is InChI=1S/C14H22N2O2/c1-9(2)8-16(10(3)4)13-7-11(14(17)18)5-6-12(13)15/h5-7,9-10H,8,15H2,1-4H3,(H,17,18). The lowest BCUT2D eigenvalue weighted by Crippen LogP contribution is -2.34. The summed E-state index contributed by atoms with van der Waals surface area (Å²) >= 11 is 0. The van der Waals surface area contributed by atoms with E-state index in [9.17, 15) is 4.79 Å². The van der Waals surface area contributed by atoms with Crippen molar-refractivity contribution >= 4 is 17.3 Å². The van der Waals surface area contributed by atoms with Crippen LogP contribution in [-0.2, 0) is 0 Å². The summed E-state index contributed by atoms with van der Waals surface area (Å²) in [4.78, 5) is 13.2. The lowest BCUT2D eigenvalue weighted by Gasteiger charge is -2.32. The monoisotopic (exact) mass is 250 g/mol. The zero-order chi connectivity index (χ0) is 13.9. The first-order valence-corrected chi connectivity index (χ1v) is 6.22. The normalized spacial score (nSPS) is 11.0. The summed E-state index contributed by atoms with van der Waals surface area (Å²) in [5, 5.41) is 9.04. The number of carboxylic acid groups (broad SMARTS) is 1. The molecule has 4 nitrogen and oxygen atoms in total.